The van der Waals surface area contributed by atoms with Gasteiger partial charge >= 0.3 is 21.2 Å². The number of rotatable bonds is 4. The molecular formula is C25H21IO3S. The van der Waals surface area contributed by atoms with Crippen LogP contribution in [0.5, 0.6) is 0 Å². The third-order valence-corrected chi connectivity index (χ3v) is 7.75. The maximum atomic E-state index is 10.4. The predicted molar refractivity (Wildman–Crippen MR) is 115 cm³/mol. The molecule has 4 aromatic rings. The molecule has 0 aromatic heterocycles. The summed E-state index contributed by atoms with van der Waals surface area (Å²) < 4.78 is 34.1. The van der Waals surface area contributed by atoms with Crippen LogP contribution in [0.2, 0.25) is 0 Å². The molecule has 0 saturated heterocycles. The number of benzene rings is 4. The fraction of sp³-hybridized carbons (Fsp3) is 0.0400. The Kier molecular flexibility index (Phi) is 7.79. The lowest BCUT2D eigenvalue weighted by Crippen LogP contribution is -3.61. The van der Waals surface area contributed by atoms with Crippen LogP contribution >= 0.6 is 0 Å². The van der Waals surface area contributed by atoms with E-state index in [1.165, 1.54) is 30.4 Å². The first-order valence-corrected chi connectivity index (χ1v) is 12.9. The van der Waals surface area contributed by atoms with Gasteiger partial charge in [-0.25, -0.2) is 8.42 Å². The molecule has 152 valence electrons. The maximum Gasteiger partial charge on any atom is 0.357 e. The van der Waals surface area contributed by atoms with Crippen LogP contribution < -0.4 is 21.2 Å². The van der Waals surface area contributed by atoms with Gasteiger partial charge in [-0.3, -0.25) is 0 Å². The third-order valence-electron chi connectivity index (χ3n) is 4.21. The topological polar surface area (TPSA) is 57.2 Å². The summed E-state index contributed by atoms with van der Waals surface area (Å²) in [6.07, 6.45) is 0. The van der Waals surface area contributed by atoms with Crippen LogP contribution in [0.15, 0.2) is 114 Å². The van der Waals surface area contributed by atoms with E-state index in [-0.39, 0.29) is 26.1 Å². The molecule has 0 unspecified atom stereocenters. The summed E-state index contributed by atoms with van der Waals surface area (Å²) in [5.74, 6) is 0. The molecule has 0 radical (unpaired) electrons. The van der Waals surface area contributed by atoms with E-state index in [1.807, 2.05) is 6.92 Å². The Morgan fingerprint density at radius 1 is 0.600 bits per heavy atom. The van der Waals surface area contributed by atoms with Crippen molar-refractivity contribution in [2.24, 2.45) is 0 Å². The predicted octanol–water partition coefficient (Wildman–Crippen LogP) is 2.38. The lowest BCUT2D eigenvalue weighted by Gasteiger charge is -2.05. The zero-order valence-electron chi connectivity index (χ0n) is 16.4. The molecular weight excluding hydrogens is 507 g/mol. The van der Waals surface area contributed by atoms with Crippen molar-refractivity contribution in [2.45, 2.75) is 11.8 Å². The summed E-state index contributed by atoms with van der Waals surface area (Å²) in [5.41, 5.74) is 3.51. The van der Waals surface area contributed by atoms with Crippen molar-refractivity contribution in [3.8, 4) is 11.1 Å². The summed E-state index contributed by atoms with van der Waals surface area (Å²) >= 11 is -0.0542. The zero-order valence-corrected chi connectivity index (χ0v) is 19.4. The van der Waals surface area contributed by atoms with Crippen molar-refractivity contribution in [3.05, 3.63) is 122 Å². The molecule has 0 fully saturated rings. The molecule has 0 N–H and O–H groups in total. The van der Waals surface area contributed by atoms with Gasteiger partial charge in [0.05, 0.1) is 4.90 Å². The van der Waals surface area contributed by atoms with Gasteiger partial charge in [-0.15, -0.1) is 0 Å². The average molecular weight is 528 g/mol. The van der Waals surface area contributed by atoms with Crippen molar-refractivity contribution >= 4 is 10.1 Å². The van der Waals surface area contributed by atoms with E-state index in [0.29, 0.717) is 0 Å². The molecule has 0 aliphatic rings. The first-order chi connectivity index (χ1) is 14.4. The maximum absolute atomic E-state index is 10.4. The summed E-state index contributed by atoms with van der Waals surface area (Å²) in [6.45, 7) is 1.82. The highest BCUT2D eigenvalue weighted by molar-refractivity contribution is 7.85. The van der Waals surface area contributed by atoms with Crippen LogP contribution in [0.25, 0.3) is 11.1 Å². The molecule has 0 atom stereocenters. The molecule has 5 heteroatoms. The Balaban J connectivity index is 0.000000199. The van der Waals surface area contributed by atoms with E-state index < -0.39 is 10.1 Å². The van der Waals surface area contributed by atoms with Crippen molar-refractivity contribution in [2.75, 3.05) is 0 Å². The van der Waals surface area contributed by atoms with Gasteiger partial charge in [-0.1, -0.05) is 66.2 Å². The third kappa shape index (κ3) is 6.79. The van der Waals surface area contributed by atoms with Crippen LogP contribution in [-0.2, 0) is 10.1 Å². The van der Waals surface area contributed by atoms with Crippen LogP contribution in [0.4, 0.5) is 0 Å². The van der Waals surface area contributed by atoms with Crippen LogP contribution in [0.3, 0.4) is 0 Å². The molecule has 0 heterocycles. The van der Waals surface area contributed by atoms with Gasteiger partial charge in [0.1, 0.15) is 10.1 Å². The Labute approximate surface area is 188 Å². The summed E-state index contributed by atoms with van der Waals surface area (Å²) in [6, 6.07) is 36.1. The van der Waals surface area contributed by atoms with Gasteiger partial charge in [0.2, 0.25) is 0 Å². The molecule has 0 bridgehead atoms. The van der Waals surface area contributed by atoms with E-state index in [4.69, 9.17) is 0 Å². The van der Waals surface area contributed by atoms with E-state index in [9.17, 15) is 13.0 Å². The van der Waals surface area contributed by atoms with Crippen molar-refractivity contribution < 1.29 is 34.2 Å². The fourth-order valence-electron chi connectivity index (χ4n) is 2.64. The summed E-state index contributed by atoms with van der Waals surface area (Å²) in [5, 5.41) is 0. The monoisotopic (exact) mass is 528 g/mol. The summed E-state index contributed by atoms with van der Waals surface area (Å²) in [4.78, 5) is -0.178. The van der Waals surface area contributed by atoms with Gasteiger partial charge in [-0.2, -0.15) is 0 Å². The van der Waals surface area contributed by atoms with E-state index in [2.05, 4.69) is 84.9 Å². The second-order valence-electron chi connectivity index (χ2n) is 6.53. The van der Waals surface area contributed by atoms with Gasteiger partial charge in [0.25, 0.3) is 0 Å². The molecule has 30 heavy (non-hydrogen) atoms. The number of aryl methyl sites for hydroxylation is 1. The van der Waals surface area contributed by atoms with E-state index in [1.54, 1.807) is 12.1 Å². The molecule has 3 nitrogen and oxygen atoms in total. The molecule has 4 rings (SSSR count). The first kappa shape index (κ1) is 22.2. The number of hydrogen-bond donors (Lipinski definition) is 0. The molecule has 4 aromatic carbocycles. The van der Waals surface area contributed by atoms with Crippen molar-refractivity contribution in [1.29, 1.82) is 0 Å². The lowest BCUT2D eigenvalue weighted by atomic mass is 10.1. The SMILES string of the molecule is Cc1ccc(S(=O)(=O)[O-])cc1.c1ccc([I+]c2ccc(-c3ccccc3)cc2)cc1. The average Bonchev–Trinajstić information content (AvgIpc) is 2.76. The smallest absolute Gasteiger partial charge is 0.357 e. The number of hydrogen-bond acceptors (Lipinski definition) is 3. The highest BCUT2D eigenvalue weighted by atomic mass is 127. The van der Waals surface area contributed by atoms with Crippen LogP contribution in [0.1, 0.15) is 5.56 Å². The van der Waals surface area contributed by atoms with Crippen molar-refractivity contribution in [3.63, 3.8) is 0 Å². The van der Waals surface area contributed by atoms with E-state index >= 15 is 0 Å². The Bertz CT molecular complexity index is 1160. The normalized spacial score (nSPS) is 10.7. The highest BCUT2D eigenvalue weighted by Crippen LogP contribution is 2.17. The minimum atomic E-state index is -4.27. The molecule has 0 spiro atoms. The second kappa shape index (κ2) is 10.5. The quantitative estimate of drug-likeness (QED) is 0.302. The van der Waals surface area contributed by atoms with Gasteiger partial charge in [0.15, 0.2) is 7.14 Å². The molecule has 0 amide bonds. The van der Waals surface area contributed by atoms with Crippen molar-refractivity contribution in [1.82, 2.24) is 0 Å². The number of halogens is 1. The molecule has 0 saturated carbocycles. The van der Waals surface area contributed by atoms with Crippen LogP contribution in [0, 0.1) is 14.1 Å². The second-order valence-corrected chi connectivity index (χ2v) is 10.9. The fourth-order valence-corrected chi connectivity index (χ4v) is 5.33. The zero-order chi connectivity index (χ0) is 21.4. The first-order valence-electron chi connectivity index (χ1n) is 9.30. The van der Waals surface area contributed by atoms with Gasteiger partial charge in [-0.05, 0) is 66.6 Å². The lowest BCUT2D eigenvalue weighted by molar-refractivity contribution is -0.597. The molecule has 0 aliphatic carbocycles. The highest BCUT2D eigenvalue weighted by Gasteiger charge is 2.14. The minimum Gasteiger partial charge on any atom is -0.744 e. The van der Waals surface area contributed by atoms with E-state index in [0.717, 1.165) is 5.56 Å². The van der Waals surface area contributed by atoms with Crippen LogP contribution in [-0.4, -0.2) is 13.0 Å². The summed E-state index contributed by atoms with van der Waals surface area (Å²) in [7, 11) is -4.27. The minimum absolute atomic E-state index is 0.0542. The standard InChI is InChI=1S/C18H14I.C7H8O3S/c1-3-7-15(8-4-1)16-11-13-18(14-12-16)19-17-9-5-2-6-10-17;1-6-2-4-7(5-3-6)11(8,9)10/h1-14H;2-5H,1H3,(H,8,9,10)/q+1;/p-1. The Hall–Kier alpha value is -2.48. The largest absolute Gasteiger partial charge is 0.744 e. The van der Waals surface area contributed by atoms with Gasteiger partial charge in [0, 0.05) is 0 Å². The van der Waals surface area contributed by atoms with Gasteiger partial charge < -0.3 is 4.55 Å². The Morgan fingerprint density at radius 2 is 1.07 bits per heavy atom. The Morgan fingerprint density at radius 3 is 1.60 bits per heavy atom. The molecule has 0 aliphatic heterocycles.